The molecule has 0 aliphatic heterocycles. The molecule has 0 heterocycles. The summed E-state index contributed by atoms with van der Waals surface area (Å²) in [6.45, 7) is 0.553. The highest BCUT2D eigenvalue weighted by Crippen LogP contribution is 2.12. The SMILES string of the molecule is CC(F)(F)C(N)O. The van der Waals surface area contributed by atoms with Gasteiger partial charge in [0.2, 0.25) is 0 Å². The summed E-state index contributed by atoms with van der Waals surface area (Å²) >= 11 is 0. The molecule has 0 saturated carbocycles. The second-order valence-electron chi connectivity index (χ2n) is 1.40. The molecular weight excluding hydrogens is 104 g/mol. The van der Waals surface area contributed by atoms with Gasteiger partial charge in [-0.3, -0.25) is 0 Å². The van der Waals surface area contributed by atoms with Gasteiger partial charge in [-0.15, -0.1) is 0 Å². The van der Waals surface area contributed by atoms with E-state index in [1.54, 1.807) is 0 Å². The highest BCUT2D eigenvalue weighted by Gasteiger charge is 2.28. The van der Waals surface area contributed by atoms with E-state index in [1.165, 1.54) is 0 Å². The van der Waals surface area contributed by atoms with E-state index >= 15 is 0 Å². The number of hydrogen-bond acceptors (Lipinski definition) is 2. The van der Waals surface area contributed by atoms with Crippen LogP contribution < -0.4 is 5.73 Å². The van der Waals surface area contributed by atoms with Gasteiger partial charge in [0.15, 0.2) is 6.23 Å². The molecule has 0 fully saturated rings. The van der Waals surface area contributed by atoms with Gasteiger partial charge in [0.1, 0.15) is 0 Å². The molecule has 1 unspecified atom stereocenters. The first-order valence-electron chi connectivity index (χ1n) is 1.76. The second kappa shape index (κ2) is 1.71. The van der Waals surface area contributed by atoms with Crippen LogP contribution >= 0.6 is 0 Å². The van der Waals surface area contributed by atoms with Crippen molar-refractivity contribution in [3.05, 3.63) is 0 Å². The van der Waals surface area contributed by atoms with E-state index in [-0.39, 0.29) is 0 Å². The molecule has 2 nitrogen and oxygen atoms in total. The molecule has 4 heteroatoms. The van der Waals surface area contributed by atoms with Gasteiger partial charge in [-0.25, -0.2) is 8.78 Å². The number of rotatable bonds is 1. The summed E-state index contributed by atoms with van der Waals surface area (Å²) in [7, 11) is 0. The van der Waals surface area contributed by atoms with E-state index in [0.29, 0.717) is 6.92 Å². The Labute approximate surface area is 39.9 Å². The zero-order valence-electron chi connectivity index (χ0n) is 3.86. The summed E-state index contributed by atoms with van der Waals surface area (Å²) in [6.07, 6.45) is -2.03. The van der Waals surface area contributed by atoms with Crippen molar-refractivity contribution in [3.8, 4) is 0 Å². The molecule has 0 radical (unpaired) electrons. The third kappa shape index (κ3) is 2.47. The van der Waals surface area contributed by atoms with Crippen LogP contribution in [0, 0.1) is 0 Å². The van der Waals surface area contributed by atoms with Crippen molar-refractivity contribution in [2.75, 3.05) is 0 Å². The molecule has 0 amide bonds. The fourth-order valence-corrected chi connectivity index (χ4v) is 0. The van der Waals surface area contributed by atoms with Crippen molar-refractivity contribution in [2.24, 2.45) is 5.73 Å². The van der Waals surface area contributed by atoms with Crippen LogP contribution in [0.15, 0.2) is 0 Å². The predicted octanol–water partition coefficient (Wildman–Crippen LogP) is -0.0813. The first kappa shape index (κ1) is 6.78. The van der Waals surface area contributed by atoms with E-state index in [1.807, 2.05) is 0 Å². The van der Waals surface area contributed by atoms with E-state index in [2.05, 4.69) is 5.73 Å². The maximum absolute atomic E-state index is 11.5. The van der Waals surface area contributed by atoms with Crippen molar-refractivity contribution in [1.29, 1.82) is 0 Å². The lowest BCUT2D eigenvalue weighted by atomic mass is 10.4. The molecule has 0 aliphatic carbocycles. The highest BCUT2D eigenvalue weighted by atomic mass is 19.3. The Balaban J connectivity index is 3.54. The van der Waals surface area contributed by atoms with Crippen LogP contribution in [0.3, 0.4) is 0 Å². The van der Waals surface area contributed by atoms with Gasteiger partial charge in [-0.05, 0) is 0 Å². The fourth-order valence-electron chi connectivity index (χ4n) is 0. The van der Waals surface area contributed by atoms with Gasteiger partial charge in [0.25, 0.3) is 5.92 Å². The van der Waals surface area contributed by atoms with Crippen LogP contribution in [0.25, 0.3) is 0 Å². The molecule has 44 valence electrons. The number of aliphatic hydroxyl groups is 1. The zero-order chi connectivity index (χ0) is 6.08. The molecular formula is C3H7F2NO. The first-order chi connectivity index (χ1) is 2.94. The Kier molecular flexibility index (Phi) is 1.66. The molecule has 0 aromatic carbocycles. The Morgan fingerprint density at radius 2 is 1.86 bits per heavy atom. The Morgan fingerprint density at radius 3 is 1.86 bits per heavy atom. The van der Waals surface area contributed by atoms with Crippen molar-refractivity contribution < 1.29 is 13.9 Å². The number of nitrogens with two attached hydrogens (primary N) is 1. The third-order valence-corrected chi connectivity index (χ3v) is 0.519. The first-order valence-corrected chi connectivity index (χ1v) is 1.76. The molecule has 7 heavy (non-hydrogen) atoms. The van der Waals surface area contributed by atoms with Crippen LogP contribution in [0.4, 0.5) is 8.78 Å². The van der Waals surface area contributed by atoms with Crippen molar-refractivity contribution in [1.82, 2.24) is 0 Å². The van der Waals surface area contributed by atoms with Crippen LogP contribution in [0.2, 0.25) is 0 Å². The summed E-state index contributed by atoms with van der Waals surface area (Å²) in [6, 6.07) is 0. The Morgan fingerprint density at radius 1 is 1.71 bits per heavy atom. The highest BCUT2D eigenvalue weighted by molar-refractivity contribution is 4.62. The lowest BCUT2D eigenvalue weighted by molar-refractivity contribution is -0.0896. The second-order valence-corrected chi connectivity index (χ2v) is 1.40. The van der Waals surface area contributed by atoms with Gasteiger partial charge in [-0.2, -0.15) is 0 Å². The maximum atomic E-state index is 11.5. The van der Waals surface area contributed by atoms with Crippen molar-refractivity contribution in [2.45, 2.75) is 19.1 Å². The summed E-state index contributed by atoms with van der Waals surface area (Å²) < 4.78 is 22.9. The fraction of sp³-hybridized carbons (Fsp3) is 1.00. The minimum Gasteiger partial charge on any atom is -0.373 e. The monoisotopic (exact) mass is 111 g/mol. The molecule has 3 N–H and O–H groups in total. The van der Waals surface area contributed by atoms with Crippen LogP contribution in [0.1, 0.15) is 6.92 Å². The van der Waals surface area contributed by atoms with Gasteiger partial charge in [0, 0.05) is 6.92 Å². The molecule has 0 aliphatic rings. The summed E-state index contributed by atoms with van der Waals surface area (Å²) in [5.74, 6) is -3.17. The smallest absolute Gasteiger partial charge is 0.283 e. The van der Waals surface area contributed by atoms with Crippen LogP contribution in [-0.2, 0) is 0 Å². The van der Waals surface area contributed by atoms with E-state index < -0.39 is 12.2 Å². The lowest BCUT2D eigenvalue weighted by Crippen LogP contribution is -2.37. The maximum Gasteiger partial charge on any atom is 0.283 e. The summed E-state index contributed by atoms with van der Waals surface area (Å²) in [5, 5.41) is 7.92. The Hall–Kier alpha value is -0.220. The number of hydrogen-bond donors (Lipinski definition) is 2. The van der Waals surface area contributed by atoms with Gasteiger partial charge >= 0.3 is 0 Å². The van der Waals surface area contributed by atoms with E-state index in [9.17, 15) is 8.78 Å². The average Bonchev–Trinajstić information content (AvgIpc) is 1.31. The molecule has 1 atom stereocenters. The number of aliphatic hydroxyl groups excluding tert-OH is 1. The summed E-state index contributed by atoms with van der Waals surface area (Å²) in [5.41, 5.74) is 4.38. The molecule has 0 aromatic rings. The van der Waals surface area contributed by atoms with Crippen LogP contribution in [0.5, 0.6) is 0 Å². The quantitative estimate of drug-likeness (QED) is 0.465. The summed E-state index contributed by atoms with van der Waals surface area (Å²) in [4.78, 5) is 0. The van der Waals surface area contributed by atoms with Crippen LogP contribution in [-0.4, -0.2) is 17.3 Å². The molecule has 0 bridgehead atoms. The largest absolute Gasteiger partial charge is 0.373 e. The van der Waals surface area contributed by atoms with Crippen molar-refractivity contribution >= 4 is 0 Å². The third-order valence-electron chi connectivity index (χ3n) is 0.519. The number of halogens is 2. The van der Waals surface area contributed by atoms with Crippen molar-refractivity contribution in [3.63, 3.8) is 0 Å². The standard InChI is InChI=1S/C3H7F2NO/c1-3(4,5)2(6)7/h2,7H,6H2,1H3. The average molecular weight is 111 g/mol. The lowest BCUT2D eigenvalue weighted by Gasteiger charge is -2.11. The molecule has 0 spiro atoms. The molecule has 0 aromatic heterocycles. The zero-order valence-corrected chi connectivity index (χ0v) is 3.86. The normalized spacial score (nSPS) is 16.7. The minimum absolute atomic E-state index is 0.553. The predicted molar refractivity (Wildman–Crippen MR) is 20.8 cm³/mol. The van der Waals surface area contributed by atoms with Gasteiger partial charge in [-0.1, -0.05) is 0 Å². The molecule has 0 saturated heterocycles. The van der Waals surface area contributed by atoms with E-state index in [4.69, 9.17) is 5.11 Å². The Bertz CT molecular complexity index is 58.4. The minimum atomic E-state index is -3.17. The van der Waals surface area contributed by atoms with Gasteiger partial charge < -0.3 is 10.8 Å². The number of alkyl halides is 2. The molecule has 0 rings (SSSR count). The topological polar surface area (TPSA) is 46.2 Å². The van der Waals surface area contributed by atoms with E-state index in [0.717, 1.165) is 0 Å². The van der Waals surface area contributed by atoms with Gasteiger partial charge in [0.05, 0.1) is 0 Å².